The molecule has 3 nitrogen and oxygen atoms in total. The largest absolute Gasteiger partial charge is 0.493 e. The van der Waals surface area contributed by atoms with E-state index in [4.69, 9.17) is 9.47 Å². The average Bonchev–Trinajstić information content (AvgIpc) is 2.54. The van der Waals surface area contributed by atoms with Gasteiger partial charge in [0.2, 0.25) is 0 Å². The molecular formula is C19H20O3. The van der Waals surface area contributed by atoms with Gasteiger partial charge >= 0.3 is 0 Å². The van der Waals surface area contributed by atoms with Crippen molar-refractivity contribution in [2.45, 2.75) is 13.8 Å². The molecule has 0 radical (unpaired) electrons. The molecule has 0 N–H and O–H groups in total. The van der Waals surface area contributed by atoms with E-state index in [2.05, 4.69) is 0 Å². The van der Waals surface area contributed by atoms with Crippen molar-refractivity contribution in [2.75, 3.05) is 13.7 Å². The van der Waals surface area contributed by atoms with Crippen LogP contribution in [0, 0.1) is 6.92 Å². The Hall–Kier alpha value is -2.55. The Morgan fingerprint density at radius 3 is 2.45 bits per heavy atom. The molecule has 2 aromatic carbocycles. The van der Waals surface area contributed by atoms with Crippen molar-refractivity contribution < 1.29 is 14.3 Å². The van der Waals surface area contributed by atoms with Crippen LogP contribution in [0.25, 0.3) is 6.08 Å². The standard InChI is InChI=1S/C19H20O3/c1-4-22-19-13-15(8-12-18(19)21-3)7-11-17(20)16-9-5-14(2)6-10-16/h5-13H,4H2,1-3H3/b11-7+. The smallest absolute Gasteiger partial charge is 0.185 e. The Morgan fingerprint density at radius 1 is 1.09 bits per heavy atom. The number of methoxy groups -OCH3 is 1. The van der Waals surface area contributed by atoms with E-state index in [1.807, 2.05) is 56.3 Å². The van der Waals surface area contributed by atoms with E-state index in [9.17, 15) is 4.79 Å². The number of aryl methyl sites for hydroxylation is 1. The van der Waals surface area contributed by atoms with Crippen molar-refractivity contribution in [3.8, 4) is 11.5 Å². The summed E-state index contributed by atoms with van der Waals surface area (Å²) in [5.74, 6) is 1.34. The van der Waals surface area contributed by atoms with Gasteiger partial charge in [-0.05, 0) is 37.6 Å². The van der Waals surface area contributed by atoms with Gasteiger partial charge in [0.1, 0.15) is 0 Å². The molecular weight excluding hydrogens is 276 g/mol. The minimum Gasteiger partial charge on any atom is -0.493 e. The number of ketones is 1. The van der Waals surface area contributed by atoms with Gasteiger partial charge in [-0.15, -0.1) is 0 Å². The van der Waals surface area contributed by atoms with Crippen molar-refractivity contribution in [2.24, 2.45) is 0 Å². The summed E-state index contributed by atoms with van der Waals surface area (Å²) in [5.41, 5.74) is 2.71. The molecule has 0 heterocycles. The molecule has 0 aliphatic carbocycles. The summed E-state index contributed by atoms with van der Waals surface area (Å²) in [5, 5.41) is 0. The normalized spacial score (nSPS) is 10.7. The van der Waals surface area contributed by atoms with E-state index in [0.29, 0.717) is 23.7 Å². The van der Waals surface area contributed by atoms with Gasteiger partial charge in [0.25, 0.3) is 0 Å². The van der Waals surface area contributed by atoms with Gasteiger partial charge in [-0.3, -0.25) is 4.79 Å². The van der Waals surface area contributed by atoms with Crippen LogP contribution >= 0.6 is 0 Å². The molecule has 0 aliphatic heterocycles. The molecule has 0 aliphatic rings. The van der Waals surface area contributed by atoms with E-state index in [1.165, 1.54) is 0 Å². The zero-order valence-electron chi connectivity index (χ0n) is 13.1. The predicted molar refractivity (Wildman–Crippen MR) is 88.7 cm³/mol. The van der Waals surface area contributed by atoms with Crippen molar-refractivity contribution in [1.82, 2.24) is 0 Å². The monoisotopic (exact) mass is 296 g/mol. The van der Waals surface area contributed by atoms with Crippen molar-refractivity contribution in [1.29, 1.82) is 0 Å². The maximum absolute atomic E-state index is 12.1. The molecule has 22 heavy (non-hydrogen) atoms. The van der Waals surface area contributed by atoms with Crippen molar-refractivity contribution in [3.05, 3.63) is 65.2 Å². The minimum absolute atomic E-state index is 0.0197. The molecule has 0 spiro atoms. The molecule has 2 aromatic rings. The highest BCUT2D eigenvalue weighted by Crippen LogP contribution is 2.28. The van der Waals surface area contributed by atoms with Gasteiger partial charge in [0, 0.05) is 5.56 Å². The molecule has 0 aromatic heterocycles. The lowest BCUT2D eigenvalue weighted by atomic mass is 10.1. The van der Waals surface area contributed by atoms with Crippen LogP contribution in [0.4, 0.5) is 0 Å². The van der Waals surface area contributed by atoms with Crippen molar-refractivity contribution >= 4 is 11.9 Å². The highest BCUT2D eigenvalue weighted by atomic mass is 16.5. The number of allylic oxidation sites excluding steroid dienone is 1. The third-order valence-corrected chi connectivity index (χ3v) is 3.25. The number of benzene rings is 2. The van der Waals surface area contributed by atoms with Crippen molar-refractivity contribution in [3.63, 3.8) is 0 Å². The maximum Gasteiger partial charge on any atom is 0.185 e. The first-order valence-electron chi connectivity index (χ1n) is 7.24. The van der Waals surface area contributed by atoms with Gasteiger partial charge in [-0.2, -0.15) is 0 Å². The summed E-state index contributed by atoms with van der Waals surface area (Å²) in [6.07, 6.45) is 3.35. The molecule has 114 valence electrons. The minimum atomic E-state index is -0.0197. The first kappa shape index (κ1) is 15.8. The van der Waals surface area contributed by atoms with Gasteiger partial charge in [0.05, 0.1) is 13.7 Å². The molecule has 3 heteroatoms. The Labute approximate surface area is 131 Å². The fourth-order valence-electron chi connectivity index (χ4n) is 2.05. The molecule has 0 saturated carbocycles. The van der Waals surface area contributed by atoms with E-state index in [1.54, 1.807) is 19.3 Å². The number of hydrogen-bond donors (Lipinski definition) is 0. The Morgan fingerprint density at radius 2 is 1.82 bits per heavy atom. The van der Waals surface area contributed by atoms with Crippen LogP contribution in [0.5, 0.6) is 11.5 Å². The quantitative estimate of drug-likeness (QED) is 0.589. The van der Waals surface area contributed by atoms with Crippen LogP contribution in [0.2, 0.25) is 0 Å². The maximum atomic E-state index is 12.1. The number of rotatable bonds is 6. The molecule has 2 rings (SSSR count). The first-order chi connectivity index (χ1) is 10.6. The van der Waals surface area contributed by atoms with Gasteiger partial charge < -0.3 is 9.47 Å². The van der Waals surface area contributed by atoms with E-state index >= 15 is 0 Å². The summed E-state index contributed by atoms with van der Waals surface area (Å²) in [6, 6.07) is 13.1. The lowest BCUT2D eigenvalue weighted by Gasteiger charge is -2.09. The summed E-state index contributed by atoms with van der Waals surface area (Å²) in [6.45, 7) is 4.48. The third-order valence-electron chi connectivity index (χ3n) is 3.25. The fraction of sp³-hybridized carbons (Fsp3) is 0.211. The van der Waals surface area contributed by atoms with Gasteiger partial charge in [-0.25, -0.2) is 0 Å². The Kier molecular flexibility index (Phi) is 5.37. The van der Waals surface area contributed by atoms with E-state index in [-0.39, 0.29) is 5.78 Å². The summed E-state index contributed by atoms with van der Waals surface area (Å²) < 4.78 is 10.8. The number of carbonyl (C=O) groups excluding carboxylic acids is 1. The zero-order valence-corrected chi connectivity index (χ0v) is 13.1. The molecule has 0 atom stereocenters. The van der Waals surface area contributed by atoms with Crippen LogP contribution in [0.1, 0.15) is 28.4 Å². The summed E-state index contributed by atoms with van der Waals surface area (Å²) >= 11 is 0. The lowest BCUT2D eigenvalue weighted by Crippen LogP contribution is -1.96. The number of ether oxygens (including phenoxy) is 2. The van der Waals surface area contributed by atoms with Gasteiger partial charge in [-0.1, -0.05) is 42.0 Å². The molecule has 0 saturated heterocycles. The SMILES string of the molecule is CCOc1cc(/C=C/C(=O)c2ccc(C)cc2)ccc1OC. The summed E-state index contributed by atoms with van der Waals surface area (Å²) in [4.78, 5) is 12.1. The second-order valence-corrected chi connectivity index (χ2v) is 4.91. The molecule has 0 fully saturated rings. The molecule has 0 amide bonds. The lowest BCUT2D eigenvalue weighted by molar-refractivity contribution is 0.104. The Balaban J connectivity index is 2.17. The average molecular weight is 296 g/mol. The van der Waals surface area contributed by atoms with Crippen LogP contribution in [0.3, 0.4) is 0 Å². The second kappa shape index (κ2) is 7.46. The number of hydrogen-bond acceptors (Lipinski definition) is 3. The summed E-state index contributed by atoms with van der Waals surface area (Å²) in [7, 11) is 1.61. The molecule has 0 unspecified atom stereocenters. The zero-order chi connectivity index (χ0) is 15.9. The third kappa shape index (κ3) is 3.98. The Bertz CT molecular complexity index is 670. The highest BCUT2D eigenvalue weighted by Gasteiger charge is 2.05. The molecule has 0 bridgehead atoms. The van der Waals surface area contributed by atoms with E-state index < -0.39 is 0 Å². The van der Waals surface area contributed by atoms with Gasteiger partial charge in [0.15, 0.2) is 17.3 Å². The first-order valence-corrected chi connectivity index (χ1v) is 7.24. The topological polar surface area (TPSA) is 35.5 Å². The predicted octanol–water partition coefficient (Wildman–Crippen LogP) is 4.30. The second-order valence-electron chi connectivity index (χ2n) is 4.91. The van der Waals surface area contributed by atoms with Crippen LogP contribution in [-0.4, -0.2) is 19.5 Å². The van der Waals surface area contributed by atoms with Crippen LogP contribution in [-0.2, 0) is 0 Å². The van der Waals surface area contributed by atoms with E-state index in [0.717, 1.165) is 11.1 Å². The fourth-order valence-corrected chi connectivity index (χ4v) is 2.05. The van der Waals surface area contributed by atoms with Crippen LogP contribution in [0.15, 0.2) is 48.5 Å². The highest BCUT2D eigenvalue weighted by molar-refractivity contribution is 6.06. The number of carbonyl (C=O) groups is 1. The van der Waals surface area contributed by atoms with Crippen LogP contribution < -0.4 is 9.47 Å².